The maximum absolute atomic E-state index is 12.7. The number of carbonyl (C=O) groups excluding carboxylic acids is 2. The summed E-state index contributed by atoms with van der Waals surface area (Å²) in [5.74, 6) is 1.36. The van der Waals surface area contributed by atoms with Gasteiger partial charge >= 0.3 is 0 Å². The molecule has 1 N–H and O–H groups in total. The molecule has 2 aliphatic rings. The minimum absolute atomic E-state index is 0.0173. The summed E-state index contributed by atoms with van der Waals surface area (Å²) in [6, 6.07) is 9.16. The summed E-state index contributed by atoms with van der Waals surface area (Å²) in [4.78, 5) is 27.0. The van der Waals surface area contributed by atoms with E-state index < -0.39 is 0 Å². The van der Waals surface area contributed by atoms with Gasteiger partial charge in [0, 0.05) is 31.3 Å². The van der Waals surface area contributed by atoms with Crippen LogP contribution in [0.4, 0.5) is 5.82 Å². The molecule has 8 heteroatoms. The smallest absolute Gasteiger partial charge is 0.253 e. The van der Waals surface area contributed by atoms with E-state index in [4.69, 9.17) is 9.47 Å². The Kier molecular flexibility index (Phi) is 5.80. The Bertz CT molecular complexity index is 850. The van der Waals surface area contributed by atoms with Gasteiger partial charge in [-0.3, -0.25) is 9.59 Å². The van der Waals surface area contributed by atoms with Crippen LogP contribution in [-0.2, 0) is 9.53 Å². The first-order valence-electron chi connectivity index (χ1n) is 10.0. The number of hydrogen-bond acceptors (Lipinski definition) is 5. The van der Waals surface area contributed by atoms with Gasteiger partial charge in [-0.2, -0.15) is 5.10 Å². The molecule has 4 rings (SSSR count). The van der Waals surface area contributed by atoms with E-state index in [1.165, 1.54) is 0 Å². The number of amides is 2. The van der Waals surface area contributed by atoms with Gasteiger partial charge in [0.25, 0.3) is 5.91 Å². The molecule has 0 radical (unpaired) electrons. The molecule has 2 saturated heterocycles. The predicted molar refractivity (Wildman–Crippen MR) is 107 cm³/mol. The quantitative estimate of drug-likeness (QED) is 0.836. The van der Waals surface area contributed by atoms with Gasteiger partial charge in [-0.05, 0) is 43.5 Å². The number of methoxy groups -OCH3 is 1. The minimum atomic E-state index is -0.0951. The van der Waals surface area contributed by atoms with Crippen molar-refractivity contribution in [2.24, 2.45) is 5.92 Å². The third kappa shape index (κ3) is 4.27. The summed E-state index contributed by atoms with van der Waals surface area (Å²) in [5.41, 5.74) is 0.662. The summed E-state index contributed by atoms with van der Waals surface area (Å²) in [6.07, 6.45) is 4.04. The van der Waals surface area contributed by atoms with Crippen LogP contribution in [0.15, 0.2) is 36.5 Å². The third-order valence-corrected chi connectivity index (χ3v) is 5.66. The van der Waals surface area contributed by atoms with Gasteiger partial charge < -0.3 is 19.7 Å². The van der Waals surface area contributed by atoms with Crippen LogP contribution in [0.2, 0.25) is 0 Å². The first kappa shape index (κ1) is 19.4. The summed E-state index contributed by atoms with van der Waals surface area (Å²) < 4.78 is 12.3. The highest BCUT2D eigenvalue weighted by atomic mass is 16.5. The maximum atomic E-state index is 12.7. The van der Waals surface area contributed by atoms with E-state index in [0.717, 1.165) is 25.0 Å². The molecule has 1 atom stereocenters. The SMILES string of the molecule is COc1ccc(C(=O)N2CCC(n3nccc3NC(=O)[C@@H]3CCOC3)CC2)cc1. The Morgan fingerprint density at radius 1 is 1.14 bits per heavy atom. The molecule has 0 saturated carbocycles. The summed E-state index contributed by atoms with van der Waals surface area (Å²) >= 11 is 0. The monoisotopic (exact) mass is 398 g/mol. The van der Waals surface area contributed by atoms with Crippen LogP contribution in [0.3, 0.4) is 0 Å². The number of nitrogens with one attached hydrogen (secondary N) is 1. The van der Waals surface area contributed by atoms with Crippen LogP contribution in [0.5, 0.6) is 5.75 Å². The van der Waals surface area contributed by atoms with Gasteiger partial charge in [0.05, 0.1) is 31.9 Å². The lowest BCUT2D eigenvalue weighted by atomic mass is 10.0. The zero-order valence-corrected chi connectivity index (χ0v) is 16.5. The maximum Gasteiger partial charge on any atom is 0.253 e. The number of ether oxygens (including phenoxy) is 2. The van der Waals surface area contributed by atoms with Crippen molar-refractivity contribution in [3.8, 4) is 5.75 Å². The second-order valence-corrected chi connectivity index (χ2v) is 7.46. The fraction of sp³-hybridized carbons (Fsp3) is 0.476. The van der Waals surface area contributed by atoms with Crippen molar-refractivity contribution in [3.63, 3.8) is 0 Å². The van der Waals surface area contributed by atoms with E-state index >= 15 is 0 Å². The minimum Gasteiger partial charge on any atom is -0.497 e. The largest absolute Gasteiger partial charge is 0.497 e. The van der Waals surface area contributed by atoms with E-state index in [1.54, 1.807) is 37.6 Å². The zero-order valence-electron chi connectivity index (χ0n) is 16.5. The van der Waals surface area contributed by atoms with Crippen LogP contribution in [0.25, 0.3) is 0 Å². The molecule has 154 valence electrons. The Morgan fingerprint density at radius 2 is 1.90 bits per heavy atom. The Labute approximate surface area is 169 Å². The van der Waals surface area contributed by atoms with Crippen molar-refractivity contribution in [2.75, 3.05) is 38.7 Å². The molecule has 0 spiro atoms. The summed E-state index contributed by atoms with van der Waals surface area (Å²) in [7, 11) is 1.61. The normalized spacial score (nSPS) is 19.9. The number of nitrogens with zero attached hydrogens (tertiary/aromatic N) is 3. The number of rotatable bonds is 5. The number of benzene rings is 1. The number of anilines is 1. The van der Waals surface area contributed by atoms with Gasteiger partial charge in [0.2, 0.25) is 5.91 Å². The predicted octanol–water partition coefficient (Wildman–Crippen LogP) is 2.34. The lowest BCUT2D eigenvalue weighted by Gasteiger charge is -2.33. The summed E-state index contributed by atoms with van der Waals surface area (Å²) in [6.45, 7) is 2.42. The molecule has 0 aliphatic carbocycles. The highest BCUT2D eigenvalue weighted by Crippen LogP contribution is 2.27. The molecule has 3 heterocycles. The second kappa shape index (κ2) is 8.65. The van der Waals surface area contributed by atoms with E-state index in [-0.39, 0.29) is 23.8 Å². The molecule has 2 aromatic rings. The topological polar surface area (TPSA) is 85.7 Å². The lowest BCUT2D eigenvalue weighted by molar-refractivity contribution is -0.119. The average Bonchev–Trinajstić information content (AvgIpc) is 3.46. The Hall–Kier alpha value is -2.87. The second-order valence-electron chi connectivity index (χ2n) is 7.46. The van der Waals surface area contributed by atoms with E-state index in [9.17, 15) is 9.59 Å². The van der Waals surface area contributed by atoms with Crippen molar-refractivity contribution in [1.29, 1.82) is 0 Å². The fourth-order valence-corrected chi connectivity index (χ4v) is 3.90. The number of carbonyl (C=O) groups is 2. The Balaban J connectivity index is 1.35. The third-order valence-electron chi connectivity index (χ3n) is 5.66. The number of hydrogen-bond donors (Lipinski definition) is 1. The molecule has 2 fully saturated rings. The van der Waals surface area contributed by atoms with Gasteiger partial charge in [-0.15, -0.1) is 0 Å². The zero-order chi connectivity index (χ0) is 20.2. The average molecular weight is 398 g/mol. The van der Waals surface area contributed by atoms with Crippen molar-refractivity contribution >= 4 is 17.6 Å². The molecule has 1 aromatic heterocycles. The van der Waals surface area contributed by atoms with Crippen molar-refractivity contribution < 1.29 is 19.1 Å². The first-order valence-corrected chi connectivity index (χ1v) is 10.0. The van der Waals surface area contributed by atoms with Gasteiger partial charge in [-0.1, -0.05) is 0 Å². The molecule has 29 heavy (non-hydrogen) atoms. The van der Waals surface area contributed by atoms with E-state index in [0.29, 0.717) is 37.7 Å². The van der Waals surface area contributed by atoms with Crippen LogP contribution in [-0.4, -0.2) is 59.9 Å². The molecular formula is C21H26N4O4. The molecule has 2 aliphatic heterocycles. The molecule has 0 unspecified atom stereocenters. The number of likely N-dealkylation sites (tertiary alicyclic amines) is 1. The number of aromatic nitrogens is 2. The number of piperidine rings is 1. The van der Waals surface area contributed by atoms with Crippen LogP contribution >= 0.6 is 0 Å². The standard InChI is InChI=1S/C21H26N4O4/c1-28-18-4-2-15(3-5-18)21(27)24-11-7-17(8-12-24)25-19(6-10-22-25)23-20(26)16-9-13-29-14-16/h2-6,10,16-17H,7-9,11-14H2,1H3,(H,23,26)/t16-/m1/s1. The van der Waals surface area contributed by atoms with Crippen molar-refractivity contribution in [1.82, 2.24) is 14.7 Å². The lowest BCUT2D eigenvalue weighted by Crippen LogP contribution is -2.39. The molecule has 8 nitrogen and oxygen atoms in total. The van der Waals surface area contributed by atoms with Gasteiger partial charge in [-0.25, -0.2) is 4.68 Å². The molecule has 0 bridgehead atoms. The Morgan fingerprint density at radius 3 is 2.55 bits per heavy atom. The van der Waals surface area contributed by atoms with Crippen LogP contribution < -0.4 is 10.1 Å². The molecule has 1 aromatic carbocycles. The molecular weight excluding hydrogens is 372 g/mol. The summed E-state index contributed by atoms with van der Waals surface area (Å²) in [5, 5.41) is 7.41. The van der Waals surface area contributed by atoms with Gasteiger partial charge in [0.1, 0.15) is 11.6 Å². The first-order chi connectivity index (χ1) is 14.2. The van der Waals surface area contributed by atoms with E-state index in [2.05, 4.69) is 10.4 Å². The van der Waals surface area contributed by atoms with Crippen molar-refractivity contribution in [2.45, 2.75) is 25.3 Å². The fourth-order valence-electron chi connectivity index (χ4n) is 3.90. The van der Waals surface area contributed by atoms with Crippen LogP contribution in [0, 0.1) is 5.92 Å². The van der Waals surface area contributed by atoms with Crippen LogP contribution in [0.1, 0.15) is 35.7 Å². The highest BCUT2D eigenvalue weighted by molar-refractivity contribution is 5.94. The van der Waals surface area contributed by atoms with Gasteiger partial charge in [0.15, 0.2) is 0 Å². The molecule has 2 amide bonds. The highest BCUT2D eigenvalue weighted by Gasteiger charge is 2.28. The van der Waals surface area contributed by atoms with Crippen molar-refractivity contribution in [3.05, 3.63) is 42.1 Å². The van der Waals surface area contributed by atoms with E-state index in [1.807, 2.05) is 15.6 Å².